The highest BCUT2D eigenvalue weighted by Crippen LogP contribution is 2.28. The first-order valence-corrected chi connectivity index (χ1v) is 12.2. The van der Waals surface area contributed by atoms with Crippen molar-refractivity contribution in [3.63, 3.8) is 0 Å². The van der Waals surface area contributed by atoms with Gasteiger partial charge >= 0.3 is 0 Å². The van der Waals surface area contributed by atoms with Crippen molar-refractivity contribution in [2.45, 2.75) is 46.6 Å². The van der Waals surface area contributed by atoms with Crippen LogP contribution in [0.3, 0.4) is 0 Å². The molecule has 2 rings (SSSR count). The van der Waals surface area contributed by atoms with Gasteiger partial charge in [-0.05, 0) is 56.0 Å². The summed E-state index contributed by atoms with van der Waals surface area (Å²) in [6.07, 6.45) is 2.14. The molecule has 2 aromatic carbocycles. The van der Waals surface area contributed by atoms with Gasteiger partial charge in [-0.25, -0.2) is 8.42 Å². The Hall–Kier alpha value is -2.87. The van der Waals surface area contributed by atoms with Gasteiger partial charge in [-0.2, -0.15) is 0 Å². The average molecular weight is 446 g/mol. The SMILES string of the molecule is CCCNC(=O)c1ccccc1NC(=O)C(CC)N(c1cc(C)ccc1C)S(C)(=O)=O. The molecule has 0 aliphatic carbocycles. The Morgan fingerprint density at radius 2 is 1.74 bits per heavy atom. The van der Waals surface area contributed by atoms with Gasteiger partial charge in [-0.3, -0.25) is 13.9 Å². The summed E-state index contributed by atoms with van der Waals surface area (Å²) in [7, 11) is -3.75. The standard InChI is InChI=1S/C23H31N3O4S/c1-6-14-24-22(27)18-10-8-9-11-19(18)25-23(28)20(7-2)26(31(5,29)30)21-15-16(3)12-13-17(21)4/h8-13,15,20H,6-7,14H2,1-5H3,(H,24,27)(H,25,28). The van der Waals surface area contributed by atoms with Crippen LogP contribution in [0.4, 0.5) is 11.4 Å². The van der Waals surface area contributed by atoms with Crippen LogP contribution in [-0.2, 0) is 14.8 Å². The van der Waals surface area contributed by atoms with E-state index in [9.17, 15) is 18.0 Å². The van der Waals surface area contributed by atoms with Crippen LogP contribution in [0.5, 0.6) is 0 Å². The number of rotatable bonds is 9. The van der Waals surface area contributed by atoms with Crippen molar-refractivity contribution >= 4 is 33.2 Å². The van der Waals surface area contributed by atoms with Crippen molar-refractivity contribution in [3.05, 3.63) is 59.2 Å². The molecule has 7 nitrogen and oxygen atoms in total. The monoisotopic (exact) mass is 445 g/mol. The fourth-order valence-corrected chi connectivity index (χ4v) is 4.59. The fourth-order valence-electron chi connectivity index (χ4n) is 3.33. The Morgan fingerprint density at radius 1 is 1.06 bits per heavy atom. The molecule has 1 unspecified atom stereocenters. The van der Waals surface area contributed by atoms with Crippen LogP contribution in [0, 0.1) is 13.8 Å². The minimum absolute atomic E-state index is 0.260. The molecule has 1 atom stereocenters. The highest BCUT2D eigenvalue weighted by Gasteiger charge is 2.33. The minimum Gasteiger partial charge on any atom is -0.352 e. The van der Waals surface area contributed by atoms with E-state index in [1.165, 1.54) is 4.31 Å². The zero-order chi connectivity index (χ0) is 23.2. The normalized spacial score (nSPS) is 12.2. The van der Waals surface area contributed by atoms with Crippen LogP contribution in [0.25, 0.3) is 0 Å². The van der Waals surface area contributed by atoms with Crippen molar-refractivity contribution < 1.29 is 18.0 Å². The quantitative estimate of drug-likeness (QED) is 0.616. The van der Waals surface area contributed by atoms with E-state index < -0.39 is 22.0 Å². The van der Waals surface area contributed by atoms with Gasteiger partial charge in [-0.1, -0.05) is 38.1 Å². The molecule has 0 saturated heterocycles. The number of para-hydroxylation sites is 1. The second kappa shape index (κ2) is 10.4. The Balaban J connectivity index is 2.42. The predicted molar refractivity (Wildman–Crippen MR) is 125 cm³/mol. The number of carbonyl (C=O) groups is 2. The fraction of sp³-hybridized carbons (Fsp3) is 0.391. The van der Waals surface area contributed by atoms with Gasteiger partial charge in [0.2, 0.25) is 15.9 Å². The Morgan fingerprint density at radius 3 is 2.35 bits per heavy atom. The lowest BCUT2D eigenvalue weighted by atomic mass is 10.1. The third kappa shape index (κ3) is 6.07. The number of anilines is 2. The smallest absolute Gasteiger partial charge is 0.253 e. The van der Waals surface area contributed by atoms with Crippen LogP contribution in [0.15, 0.2) is 42.5 Å². The summed E-state index contributed by atoms with van der Waals surface area (Å²) in [5.74, 6) is -0.787. The first kappa shape index (κ1) is 24.4. The van der Waals surface area contributed by atoms with Gasteiger partial charge in [0.05, 0.1) is 23.2 Å². The minimum atomic E-state index is -3.75. The topological polar surface area (TPSA) is 95.6 Å². The maximum Gasteiger partial charge on any atom is 0.253 e. The molecule has 2 amide bonds. The number of nitrogens with one attached hydrogen (secondary N) is 2. The van der Waals surface area contributed by atoms with E-state index in [1.807, 2.05) is 32.9 Å². The van der Waals surface area contributed by atoms with Gasteiger partial charge in [0.25, 0.3) is 5.91 Å². The molecule has 0 aliphatic heterocycles. The lowest BCUT2D eigenvalue weighted by Crippen LogP contribution is -2.47. The summed E-state index contributed by atoms with van der Waals surface area (Å²) in [6.45, 7) is 7.91. The maximum atomic E-state index is 13.2. The lowest BCUT2D eigenvalue weighted by Gasteiger charge is -2.31. The number of hydrogen-bond acceptors (Lipinski definition) is 4. The molecule has 0 saturated carbocycles. The molecular formula is C23H31N3O4S. The van der Waals surface area contributed by atoms with Crippen molar-refractivity contribution in [3.8, 4) is 0 Å². The first-order valence-electron chi connectivity index (χ1n) is 10.3. The summed E-state index contributed by atoms with van der Waals surface area (Å²) in [4.78, 5) is 25.7. The number of amides is 2. The van der Waals surface area contributed by atoms with Crippen LogP contribution in [0.1, 0.15) is 48.2 Å². The van der Waals surface area contributed by atoms with E-state index in [2.05, 4.69) is 10.6 Å². The summed E-state index contributed by atoms with van der Waals surface area (Å²) in [5.41, 5.74) is 2.79. The number of aryl methyl sites for hydroxylation is 2. The average Bonchev–Trinajstić information content (AvgIpc) is 2.71. The van der Waals surface area contributed by atoms with E-state index in [0.717, 1.165) is 23.8 Å². The molecule has 0 radical (unpaired) electrons. The molecule has 0 fully saturated rings. The molecule has 0 aromatic heterocycles. The number of hydrogen-bond donors (Lipinski definition) is 2. The van der Waals surface area contributed by atoms with Crippen molar-refractivity contribution in [2.75, 3.05) is 22.4 Å². The van der Waals surface area contributed by atoms with E-state index in [4.69, 9.17) is 0 Å². The van der Waals surface area contributed by atoms with E-state index in [0.29, 0.717) is 23.5 Å². The molecule has 0 bridgehead atoms. The predicted octanol–water partition coefficient (Wildman–Crippen LogP) is 3.63. The number of carbonyl (C=O) groups excluding carboxylic acids is 2. The summed E-state index contributed by atoms with van der Waals surface area (Å²) in [6, 6.07) is 11.2. The number of sulfonamides is 1. The Kier molecular flexibility index (Phi) is 8.21. The van der Waals surface area contributed by atoms with Crippen molar-refractivity contribution in [1.82, 2.24) is 5.32 Å². The van der Waals surface area contributed by atoms with Crippen LogP contribution in [-0.4, -0.2) is 39.1 Å². The van der Waals surface area contributed by atoms with Crippen molar-refractivity contribution in [1.29, 1.82) is 0 Å². The van der Waals surface area contributed by atoms with Gasteiger partial charge < -0.3 is 10.6 Å². The summed E-state index contributed by atoms with van der Waals surface area (Å²) in [5, 5.41) is 5.56. The summed E-state index contributed by atoms with van der Waals surface area (Å²) < 4.78 is 26.6. The van der Waals surface area contributed by atoms with Crippen LogP contribution >= 0.6 is 0 Å². The van der Waals surface area contributed by atoms with Gasteiger partial charge in [-0.15, -0.1) is 0 Å². The lowest BCUT2D eigenvalue weighted by molar-refractivity contribution is -0.117. The van der Waals surface area contributed by atoms with E-state index in [1.54, 1.807) is 37.3 Å². The number of nitrogens with zero attached hydrogens (tertiary/aromatic N) is 1. The molecule has 168 valence electrons. The third-order valence-corrected chi connectivity index (χ3v) is 6.06. The van der Waals surface area contributed by atoms with E-state index >= 15 is 0 Å². The number of benzene rings is 2. The van der Waals surface area contributed by atoms with Crippen molar-refractivity contribution in [2.24, 2.45) is 0 Å². The molecule has 0 heterocycles. The highest BCUT2D eigenvalue weighted by molar-refractivity contribution is 7.92. The largest absolute Gasteiger partial charge is 0.352 e. The molecule has 8 heteroatoms. The maximum absolute atomic E-state index is 13.2. The van der Waals surface area contributed by atoms with Gasteiger partial charge in [0.1, 0.15) is 6.04 Å². The second-order valence-corrected chi connectivity index (χ2v) is 9.42. The van der Waals surface area contributed by atoms with Crippen LogP contribution in [0.2, 0.25) is 0 Å². The molecule has 2 N–H and O–H groups in total. The molecule has 31 heavy (non-hydrogen) atoms. The Labute approximate surface area is 184 Å². The first-order chi connectivity index (χ1) is 14.6. The molecule has 0 aliphatic rings. The molecular weight excluding hydrogens is 414 g/mol. The molecule has 0 spiro atoms. The molecule has 2 aromatic rings. The van der Waals surface area contributed by atoms with E-state index in [-0.39, 0.29) is 12.3 Å². The zero-order valence-electron chi connectivity index (χ0n) is 18.7. The Bertz CT molecular complexity index is 1050. The summed E-state index contributed by atoms with van der Waals surface area (Å²) >= 11 is 0. The van der Waals surface area contributed by atoms with Gasteiger partial charge in [0, 0.05) is 6.54 Å². The van der Waals surface area contributed by atoms with Gasteiger partial charge in [0.15, 0.2) is 0 Å². The second-order valence-electron chi connectivity index (χ2n) is 7.56. The van der Waals surface area contributed by atoms with Crippen LogP contribution < -0.4 is 14.9 Å². The zero-order valence-corrected chi connectivity index (χ0v) is 19.5. The highest BCUT2D eigenvalue weighted by atomic mass is 32.2. The third-order valence-electron chi connectivity index (χ3n) is 4.90.